The SMILES string of the molecule is O=C(COc1ccc(C=C2C(=O)NC(=S)NC2=O)cc1)Nc1ccccc1F. The van der Waals surface area contributed by atoms with Crippen LogP contribution in [0.15, 0.2) is 54.1 Å². The van der Waals surface area contributed by atoms with Gasteiger partial charge in [-0.25, -0.2) is 4.39 Å². The van der Waals surface area contributed by atoms with Crippen LogP contribution in [-0.2, 0) is 14.4 Å². The van der Waals surface area contributed by atoms with E-state index >= 15 is 0 Å². The number of anilines is 1. The van der Waals surface area contributed by atoms with E-state index in [1.54, 1.807) is 30.3 Å². The third kappa shape index (κ3) is 4.77. The molecule has 1 saturated heterocycles. The Labute approximate surface area is 164 Å². The van der Waals surface area contributed by atoms with Gasteiger partial charge in [-0.2, -0.15) is 0 Å². The number of ether oxygens (including phenoxy) is 1. The Morgan fingerprint density at radius 3 is 2.36 bits per heavy atom. The molecule has 1 heterocycles. The molecule has 3 rings (SSSR count). The van der Waals surface area contributed by atoms with E-state index in [-0.39, 0.29) is 23.0 Å². The maximum absolute atomic E-state index is 13.5. The van der Waals surface area contributed by atoms with E-state index in [4.69, 9.17) is 17.0 Å². The number of carbonyl (C=O) groups is 3. The van der Waals surface area contributed by atoms with E-state index in [2.05, 4.69) is 16.0 Å². The highest BCUT2D eigenvalue weighted by atomic mass is 32.1. The maximum Gasteiger partial charge on any atom is 0.263 e. The van der Waals surface area contributed by atoms with Crippen LogP contribution in [0.25, 0.3) is 6.08 Å². The van der Waals surface area contributed by atoms with Crippen LogP contribution in [0.1, 0.15) is 5.56 Å². The fourth-order valence-corrected chi connectivity index (χ4v) is 2.52. The number of rotatable bonds is 5. The average molecular weight is 399 g/mol. The highest BCUT2D eigenvalue weighted by Gasteiger charge is 2.25. The minimum Gasteiger partial charge on any atom is -0.484 e. The molecule has 1 fully saturated rings. The number of para-hydroxylation sites is 1. The van der Waals surface area contributed by atoms with Gasteiger partial charge in [0.25, 0.3) is 17.7 Å². The largest absolute Gasteiger partial charge is 0.484 e. The van der Waals surface area contributed by atoms with E-state index in [9.17, 15) is 18.8 Å². The molecule has 0 atom stereocenters. The Balaban J connectivity index is 1.59. The number of nitrogens with one attached hydrogen (secondary N) is 3. The number of halogens is 1. The van der Waals surface area contributed by atoms with Gasteiger partial charge in [-0.05, 0) is 48.1 Å². The van der Waals surface area contributed by atoms with E-state index in [0.29, 0.717) is 11.3 Å². The van der Waals surface area contributed by atoms with Gasteiger partial charge in [0.1, 0.15) is 17.1 Å². The molecule has 2 aromatic carbocycles. The molecule has 9 heteroatoms. The van der Waals surface area contributed by atoms with Gasteiger partial charge >= 0.3 is 0 Å². The Morgan fingerprint density at radius 1 is 1.07 bits per heavy atom. The molecule has 0 aliphatic carbocycles. The van der Waals surface area contributed by atoms with Crippen molar-refractivity contribution in [1.82, 2.24) is 10.6 Å². The third-order valence-corrected chi connectivity index (χ3v) is 3.86. The number of hydrogen-bond acceptors (Lipinski definition) is 5. The summed E-state index contributed by atoms with van der Waals surface area (Å²) >= 11 is 4.73. The topological polar surface area (TPSA) is 96.5 Å². The summed E-state index contributed by atoms with van der Waals surface area (Å²) in [5, 5.41) is 7.06. The smallest absolute Gasteiger partial charge is 0.263 e. The highest BCUT2D eigenvalue weighted by Crippen LogP contribution is 2.16. The summed E-state index contributed by atoms with van der Waals surface area (Å²) in [6.07, 6.45) is 1.40. The molecular weight excluding hydrogens is 385 g/mol. The van der Waals surface area contributed by atoms with Gasteiger partial charge in [-0.15, -0.1) is 0 Å². The van der Waals surface area contributed by atoms with Crippen molar-refractivity contribution in [1.29, 1.82) is 0 Å². The molecular formula is C19H14FN3O4S. The minimum absolute atomic E-state index is 0.0374. The molecule has 0 spiro atoms. The Hall–Kier alpha value is -3.59. The van der Waals surface area contributed by atoms with Crippen LogP contribution in [0.3, 0.4) is 0 Å². The van der Waals surface area contributed by atoms with Crippen LogP contribution in [-0.4, -0.2) is 29.4 Å². The number of carbonyl (C=O) groups excluding carboxylic acids is 3. The Bertz CT molecular complexity index is 967. The summed E-state index contributed by atoms with van der Waals surface area (Å²) in [6, 6.07) is 12.2. The maximum atomic E-state index is 13.5. The van der Waals surface area contributed by atoms with E-state index in [1.165, 1.54) is 24.3 Å². The molecule has 142 valence electrons. The van der Waals surface area contributed by atoms with Gasteiger partial charge in [-0.3, -0.25) is 25.0 Å². The van der Waals surface area contributed by atoms with Crippen molar-refractivity contribution < 1.29 is 23.5 Å². The quantitative estimate of drug-likeness (QED) is 0.405. The van der Waals surface area contributed by atoms with Gasteiger partial charge in [0.05, 0.1) is 5.69 Å². The Morgan fingerprint density at radius 2 is 1.71 bits per heavy atom. The van der Waals surface area contributed by atoms with E-state index in [1.807, 2.05) is 0 Å². The molecule has 1 aliphatic heterocycles. The predicted octanol–water partition coefficient (Wildman–Crippen LogP) is 1.76. The first-order valence-electron chi connectivity index (χ1n) is 8.08. The second-order valence-electron chi connectivity index (χ2n) is 5.68. The summed E-state index contributed by atoms with van der Waals surface area (Å²) in [6.45, 7) is -0.309. The first kappa shape index (κ1) is 19.2. The zero-order valence-electron chi connectivity index (χ0n) is 14.3. The lowest BCUT2D eigenvalue weighted by Crippen LogP contribution is -2.51. The molecule has 3 N–H and O–H groups in total. The molecule has 3 amide bonds. The van der Waals surface area contributed by atoms with Crippen molar-refractivity contribution in [2.24, 2.45) is 0 Å². The van der Waals surface area contributed by atoms with Crippen LogP contribution in [0.5, 0.6) is 5.75 Å². The zero-order valence-corrected chi connectivity index (χ0v) is 15.1. The van der Waals surface area contributed by atoms with Gasteiger partial charge < -0.3 is 10.1 Å². The first-order valence-corrected chi connectivity index (χ1v) is 8.49. The van der Waals surface area contributed by atoms with Crippen LogP contribution < -0.4 is 20.7 Å². The van der Waals surface area contributed by atoms with Crippen LogP contribution in [0.2, 0.25) is 0 Å². The second kappa shape index (κ2) is 8.40. The molecule has 0 radical (unpaired) electrons. The molecule has 0 bridgehead atoms. The lowest BCUT2D eigenvalue weighted by Gasteiger charge is -2.16. The normalized spacial score (nSPS) is 13.5. The molecule has 1 aliphatic rings. The highest BCUT2D eigenvalue weighted by molar-refractivity contribution is 7.80. The summed E-state index contributed by atoms with van der Waals surface area (Å²) in [4.78, 5) is 35.5. The second-order valence-corrected chi connectivity index (χ2v) is 6.09. The molecule has 0 aromatic heterocycles. The van der Waals surface area contributed by atoms with Crippen molar-refractivity contribution in [3.63, 3.8) is 0 Å². The molecule has 2 aromatic rings. The van der Waals surface area contributed by atoms with Gasteiger partial charge in [0.15, 0.2) is 11.7 Å². The van der Waals surface area contributed by atoms with Crippen LogP contribution in [0, 0.1) is 5.82 Å². The van der Waals surface area contributed by atoms with Crippen molar-refractivity contribution in [3.05, 3.63) is 65.5 Å². The van der Waals surface area contributed by atoms with Crippen molar-refractivity contribution in [2.75, 3.05) is 11.9 Å². The number of amides is 3. The third-order valence-electron chi connectivity index (χ3n) is 3.65. The molecule has 0 unspecified atom stereocenters. The van der Waals surface area contributed by atoms with E-state index in [0.717, 1.165) is 0 Å². The van der Waals surface area contributed by atoms with Crippen molar-refractivity contribution in [3.8, 4) is 5.75 Å². The van der Waals surface area contributed by atoms with Crippen molar-refractivity contribution >= 4 is 46.8 Å². The lowest BCUT2D eigenvalue weighted by molar-refractivity contribution is -0.123. The van der Waals surface area contributed by atoms with Crippen LogP contribution >= 0.6 is 12.2 Å². The fraction of sp³-hybridized carbons (Fsp3) is 0.0526. The summed E-state index contributed by atoms with van der Waals surface area (Å²) in [5.41, 5.74) is 0.574. The van der Waals surface area contributed by atoms with Gasteiger partial charge in [0, 0.05) is 0 Å². The minimum atomic E-state index is -0.584. The molecule has 7 nitrogen and oxygen atoms in total. The molecule has 0 saturated carbocycles. The predicted molar refractivity (Wildman–Crippen MR) is 104 cm³/mol. The van der Waals surface area contributed by atoms with E-state index < -0.39 is 23.5 Å². The average Bonchev–Trinajstić information content (AvgIpc) is 2.66. The van der Waals surface area contributed by atoms with Gasteiger partial charge in [-0.1, -0.05) is 24.3 Å². The summed E-state index contributed by atoms with van der Waals surface area (Å²) < 4.78 is 18.9. The fourth-order valence-electron chi connectivity index (χ4n) is 2.33. The zero-order chi connectivity index (χ0) is 20.1. The number of hydrogen-bond donors (Lipinski definition) is 3. The number of thiocarbonyl (C=S) groups is 1. The first-order chi connectivity index (χ1) is 13.4. The number of benzene rings is 2. The Kier molecular flexibility index (Phi) is 5.75. The monoisotopic (exact) mass is 399 g/mol. The molecule has 28 heavy (non-hydrogen) atoms. The lowest BCUT2D eigenvalue weighted by atomic mass is 10.1. The van der Waals surface area contributed by atoms with Gasteiger partial charge in [0.2, 0.25) is 0 Å². The van der Waals surface area contributed by atoms with Crippen LogP contribution in [0.4, 0.5) is 10.1 Å². The van der Waals surface area contributed by atoms with Crippen molar-refractivity contribution in [2.45, 2.75) is 0 Å². The standard InChI is InChI=1S/C19H14FN3O4S/c20-14-3-1-2-4-15(14)21-16(24)10-27-12-7-5-11(6-8-12)9-13-17(25)22-19(28)23-18(13)26/h1-9H,10H2,(H,21,24)(H2,22,23,25,26,28). The summed E-state index contributed by atoms with van der Waals surface area (Å²) in [7, 11) is 0. The summed E-state index contributed by atoms with van der Waals surface area (Å²) in [5.74, 6) is -1.82.